The van der Waals surface area contributed by atoms with Crippen molar-refractivity contribution in [1.82, 2.24) is 0 Å². The molecule has 15 heavy (non-hydrogen) atoms. The van der Waals surface area contributed by atoms with E-state index >= 15 is 0 Å². The summed E-state index contributed by atoms with van der Waals surface area (Å²) in [5, 5.41) is 9.89. The number of hydrogen-bond acceptors (Lipinski definition) is 1. The maximum atomic E-state index is 9.89. The largest absolute Gasteiger partial charge is 0.376 e. The molecule has 0 aliphatic carbocycles. The van der Waals surface area contributed by atoms with Crippen molar-refractivity contribution in [2.75, 3.05) is 0 Å². The van der Waals surface area contributed by atoms with Gasteiger partial charge in [0, 0.05) is 5.41 Å². The van der Waals surface area contributed by atoms with Gasteiger partial charge in [0.1, 0.15) is 6.10 Å². The van der Waals surface area contributed by atoms with Crippen LogP contribution in [0.4, 0.5) is 0 Å². The van der Waals surface area contributed by atoms with Gasteiger partial charge in [-0.3, -0.25) is 0 Å². The monoisotopic (exact) mass is 202 g/mol. The minimum Gasteiger partial charge on any atom is -0.376 e. The summed E-state index contributed by atoms with van der Waals surface area (Å²) >= 11 is 0. The number of aliphatic hydroxyl groups excluding tert-OH is 1. The summed E-state index contributed by atoms with van der Waals surface area (Å²) < 4.78 is 0. The van der Waals surface area contributed by atoms with Gasteiger partial charge in [-0.05, 0) is 38.8 Å². The zero-order valence-corrected chi connectivity index (χ0v) is 9.83. The molecule has 1 rings (SSSR count). The van der Waals surface area contributed by atoms with Crippen molar-refractivity contribution in [3.05, 3.63) is 35.4 Å². The van der Waals surface area contributed by atoms with Gasteiger partial charge in [-0.1, -0.05) is 36.1 Å². The Morgan fingerprint density at radius 1 is 1.20 bits per heavy atom. The molecule has 1 atom stereocenters. The molecule has 1 aromatic rings. The van der Waals surface area contributed by atoms with E-state index in [4.69, 9.17) is 0 Å². The van der Waals surface area contributed by atoms with Crippen LogP contribution in [0.15, 0.2) is 24.3 Å². The van der Waals surface area contributed by atoms with Crippen LogP contribution in [0.5, 0.6) is 0 Å². The fourth-order valence-electron chi connectivity index (χ4n) is 1.26. The summed E-state index contributed by atoms with van der Waals surface area (Å²) in [7, 11) is 0. The fourth-order valence-corrected chi connectivity index (χ4v) is 1.26. The first-order valence-corrected chi connectivity index (χ1v) is 5.16. The Kier molecular flexibility index (Phi) is 3.55. The number of benzene rings is 1. The lowest BCUT2D eigenvalue weighted by Gasteiger charge is -2.10. The molecule has 0 bridgehead atoms. The third kappa shape index (κ3) is 3.77. The maximum absolute atomic E-state index is 9.89. The van der Waals surface area contributed by atoms with E-state index in [0.29, 0.717) is 0 Å². The quantitative estimate of drug-likeness (QED) is 0.694. The molecule has 0 amide bonds. The van der Waals surface area contributed by atoms with Gasteiger partial charge in [-0.25, -0.2) is 0 Å². The molecule has 0 heterocycles. The standard InChI is InChI=1S/C14H18O/c1-11-7-5-6-8-12(11)13(15)9-10-14(2,3)4/h5-8,13,15H,1-4H3. The van der Waals surface area contributed by atoms with Gasteiger partial charge in [-0.15, -0.1) is 0 Å². The SMILES string of the molecule is Cc1ccccc1C(O)C#CC(C)(C)C. The molecule has 80 valence electrons. The second-order valence-corrected chi connectivity index (χ2v) is 4.78. The lowest BCUT2D eigenvalue weighted by atomic mass is 9.96. The highest BCUT2D eigenvalue weighted by Gasteiger charge is 2.08. The van der Waals surface area contributed by atoms with E-state index in [1.165, 1.54) is 0 Å². The van der Waals surface area contributed by atoms with Gasteiger partial charge in [0.15, 0.2) is 0 Å². The molecule has 0 aliphatic rings. The zero-order chi connectivity index (χ0) is 11.5. The molecule has 0 saturated carbocycles. The highest BCUT2D eigenvalue weighted by Crippen LogP contribution is 2.17. The molecule has 1 N–H and O–H groups in total. The van der Waals surface area contributed by atoms with Crippen LogP contribution in [0.2, 0.25) is 0 Å². The first-order valence-electron chi connectivity index (χ1n) is 5.16. The number of hydrogen-bond donors (Lipinski definition) is 1. The fraction of sp³-hybridized carbons (Fsp3) is 0.429. The average Bonchev–Trinajstić information content (AvgIpc) is 2.14. The zero-order valence-electron chi connectivity index (χ0n) is 9.83. The van der Waals surface area contributed by atoms with Crippen LogP contribution in [0.1, 0.15) is 38.0 Å². The highest BCUT2D eigenvalue weighted by atomic mass is 16.3. The summed E-state index contributed by atoms with van der Waals surface area (Å²) in [5.41, 5.74) is 1.91. The van der Waals surface area contributed by atoms with E-state index < -0.39 is 6.10 Å². The Bertz CT molecular complexity index is 388. The number of aryl methyl sites for hydroxylation is 1. The van der Waals surface area contributed by atoms with Crippen LogP contribution in [0.25, 0.3) is 0 Å². The minimum atomic E-state index is -0.676. The van der Waals surface area contributed by atoms with Crippen molar-refractivity contribution in [3.8, 4) is 11.8 Å². The molecule has 1 nitrogen and oxygen atoms in total. The summed E-state index contributed by atoms with van der Waals surface area (Å²) in [6, 6.07) is 7.78. The highest BCUT2D eigenvalue weighted by molar-refractivity contribution is 5.32. The van der Waals surface area contributed by atoms with Crippen LogP contribution in [-0.4, -0.2) is 5.11 Å². The molecular weight excluding hydrogens is 184 g/mol. The molecule has 0 saturated heterocycles. The first kappa shape index (κ1) is 11.8. The van der Waals surface area contributed by atoms with Crippen molar-refractivity contribution < 1.29 is 5.11 Å². The van der Waals surface area contributed by atoms with Gasteiger partial charge in [0.05, 0.1) is 0 Å². The van der Waals surface area contributed by atoms with Crippen molar-refractivity contribution in [2.24, 2.45) is 5.41 Å². The summed E-state index contributed by atoms with van der Waals surface area (Å²) in [4.78, 5) is 0. The molecule has 0 fully saturated rings. The molecule has 1 aromatic carbocycles. The average molecular weight is 202 g/mol. The summed E-state index contributed by atoms with van der Waals surface area (Å²) in [5.74, 6) is 5.93. The predicted octanol–water partition coefficient (Wildman–Crippen LogP) is 3.08. The lowest BCUT2D eigenvalue weighted by molar-refractivity contribution is 0.237. The molecule has 0 radical (unpaired) electrons. The molecule has 0 aliphatic heterocycles. The van der Waals surface area contributed by atoms with Crippen LogP contribution >= 0.6 is 0 Å². The van der Waals surface area contributed by atoms with Gasteiger partial charge < -0.3 is 5.11 Å². The molecule has 0 spiro atoms. The first-order chi connectivity index (χ1) is 6.90. The Labute approximate surface area is 92.1 Å². The van der Waals surface area contributed by atoms with Crippen LogP contribution in [0, 0.1) is 24.2 Å². The van der Waals surface area contributed by atoms with E-state index in [2.05, 4.69) is 11.8 Å². The van der Waals surface area contributed by atoms with Gasteiger partial charge in [0.2, 0.25) is 0 Å². The lowest BCUT2D eigenvalue weighted by Crippen LogP contribution is -2.02. The molecule has 1 heteroatoms. The summed E-state index contributed by atoms with van der Waals surface area (Å²) in [6.07, 6.45) is -0.676. The second kappa shape index (κ2) is 4.51. The predicted molar refractivity (Wildman–Crippen MR) is 63.4 cm³/mol. The molecular formula is C14H18O. The minimum absolute atomic E-state index is 0.0658. The van der Waals surface area contributed by atoms with Gasteiger partial charge >= 0.3 is 0 Å². The van der Waals surface area contributed by atoms with E-state index in [1.807, 2.05) is 52.0 Å². The second-order valence-electron chi connectivity index (χ2n) is 4.78. The van der Waals surface area contributed by atoms with Crippen LogP contribution in [0.3, 0.4) is 0 Å². The third-order valence-electron chi connectivity index (χ3n) is 2.07. The molecule has 1 unspecified atom stereocenters. The smallest absolute Gasteiger partial charge is 0.140 e. The Morgan fingerprint density at radius 3 is 2.33 bits per heavy atom. The normalized spacial score (nSPS) is 12.9. The number of aliphatic hydroxyl groups is 1. The van der Waals surface area contributed by atoms with Gasteiger partial charge in [0.25, 0.3) is 0 Å². The van der Waals surface area contributed by atoms with E-state index in [9.17, 15) is 5.11 Å². The van der Waals surface area contributed by atoms with Crippen LogP contribution in [-0.2, 0) is 0 Å². The Hall–Kier alpha value is -1.26. The van der Waals surface area contributed by atoms with E-state index in [0.717, 1.165) is 11.1 Å². The molecule has 0 aromatic heterocycles. The third-order valence-corrected chi connectivity index (χ3v) is 2.07. The van der Waals surface area contributed by atoms with Crippen molar-refractivity contribution in [1.29, 1.82) is 0 Å². The summed E-state index contributed by atoms with van der Waals surface area (Å²) in [6.45, 7) is 8.08. The van der Waals surface area contributed by atoms with Gasteiger partial charge in [-0.2, -0.15) is 0 Å². The maximum Gasteiger partial charge on any atom is 0.140 e. The van der Waals surface area contributed by atoms with E-state index in [-0.39, 0.29) is 5.41 Å². The van der Waals surface area contributed by atoms with E-state index in [1.54, 1.807) is 0 Å². The Morgan fingerprint density at radius 2 is 1.80 bits per heavy atom. The van der Waals surface area contributed by atoms with Crippen molar-refractivity contribution in [3.63, 3.8) is 0 Å². The Balaban J connectivity index is 2.90. The topological polar surface area (TPSA) is 20.2 Å². The van der Waals surface area contributed by atoms with Crippen molar-refractivity contribution >= 4 is 0 Å². The van der Waals surface area contributed by atoms with Crippen LogP contribution < -0.4 is 0 Å². The van der Waals surface area contributed by atoms with Crippen molar-refractivity contribution in [2.45, 2.75) is 33.8 Å². The number of rotatable bonds is 1.